The van der Waals surface area contributed by atoms with Gasteiger partial charge in [0.05, 0.1) is 0 Å². The Morgan fingerprint density at radius 2 is 2.10 bits per heavy atom. The molecule has 0 saturated heterocycles. The molecular formula is C17H26FNO. The van der Waals surface area contributed by atoms with Crippen LogP contribution in [0, 0.1) is 18.7 Å². The number of ether oxygens (including phenoxy) is 1. The van der Waals surface area contributed by atoms with Crippen LogP contribution in [0.25, 0.3) is 0 Å². The first-order valence-electron chi connectivity index (χ1n) is 7.83. The zero-order valence-electron chi connectivity index (χ0n) is 12.6. The summed E-state index contributed by atoms with van der Waals surface area (Å²) < 4.78 is 19.2. The van der Waals surface area contributed by atoms with E-state index in [1.54, 1.807) is 6.07 Å². The number of benzene rings is 1. The van der Waals surface area contributed by atoms with Crippen LogP contribution >= 0.6 is 0 Å². The SMILES string of the molecule is CCCNC(COc1cc(F)ccc1C)C1CCCC1. The molecule has 1 aromatic carbocycles. The molecule has 112 valence electrons. The smallest absolute Gasteiger partial charge is 0.126 e. The van der Waals surface area contributed by atoms with Gasteiger partial charge in [-0.3, -0.25) is 0 Å². The number of aryl methyl sites for hydroxylation is 1. The fourth-order valence-electron chi connectivity index (χ4n) is 2.96. The average molecular weight is 279 g/mol. The van der Waals surface area contributed by atoms with Gasteiger partial charge in [-0.15, -0.1) is 0 Å². The van der Waals surface area contributed by atoms with Crippen LogP contribution in [-0.2, 0) is 0 Å². The standard InChI is InChI=1S/C17H26FNO/c1-3-10-19-16(14-6-4-5-7-14)12-20-17-11-15(18)9-8-13(17)2/h8-9,11,14,16,19H,3-7,10,12H2,1-2H3. The van der Waals surface area contributed by atoms with Crippen molar-refractivity contribution in [3.8, 4) is 5.75 Å². The van der Waals surface area contributed by atoms with E-state index in [1.807, 2.05) is 6.92 Å². The fraction of sp³-hybridized carbons (Fsp3) is 0.647. The van der Waals surface area contributed by atoms with E-state index in [9.17, 15) is 4.39 Å². The van der Waals surface area contributed by atoms with Gasteiger partial charge in [-0.05, 0) is 50.3 Å². The third kappa shape index (κ3) is 4.20. The van der Waals surface area contributed by atoms with E-state index in [4.69, 9.17) is 4.74 Å². The molecule has 1 aliphatic carbocycles. The van der Waals surface area contributed by atoms with E-state index >= 15 is 0 Å². The Balaban J connectivity index is 1.94. The maximum Gasteiger partial charge on any atom is 0.126 e. The normalized spacial score (nSPS) is 17.4. The second kappa shape index (κ2) is 7.63. The lowest BCUT2D eigenvalue weighted by atomic mass is 9.98. The van der Waals surface area contributed by atoms with Gasteiger partial charge in [-0.25, -0.2) is 4.39 Å². The van der Waals surface area contributed by atoms with Gasteiger partial charge >= 0.3 is 0 Å². The second-order valence-electron chi connectivity index (χ2n) is 5.83. The van der Waals surface area contributed by atoms with Crippen molar-refractivity contribution >= 4 is 0 Å². The minimum atomic E-state index is -0.232. The fourth-order valence-corrected chi connectivity index (χ4v) is 2.96. The molecule has 1 N–H and O–H groups in total. The molecule has 1 unspecified atom stereocenters. The minimum absolute atomic E-state index is 0.232. The Morgan fingerprint density at radius 1 is 1.35 bits per heavy atom. The summed E-state index contributed by atoms with van der Waals surface area (Å²) in [5.41, 5.74) is 0.993. The van der Waals surface area contributed by atoms with E-state index in [2.05, 4.69) is 12.2 Å². The summed E-state index contributed by atoms with van der Waals surface area (Å²) in [6.07, 6.45) is 6.35. The summed E-state index contributed by atoms with van der Waals surface area (Å²) >= 11 is 0. The highest BCUT2D eigenvalue weighted by atomic mass is 19.1. The molecule has 0 aromatic heterocycles. The quantitative estimate of drug-likeness (QED) is 0.812. The molecule has 1 aromatic rings. The van der Waals surface area contributed by atoms with Crippen molar-refractivity contribution in [2.24, 2.45) is 5.92 Å². The van der Waals surface area contributed by atoms with Crippen LogP contribution in [0.3, 0.4) is 0 Å². The summed E-state index contributed by atoms with van der Waals surface area (Å²) in [5.74, 6) is 1.14. The Labute approximate surface area is 121 Å². The molecule has 0 radical (unpaired) electrons. The highest BCUT2D eigenvalue weighted by Crippen LogP contribution is 2.28. The number of nitrogens with one attached hydrogen (secondary N) is 1. The largest absolute Gasteiger partial charge is 0.492 e. The first-order valence-corrected chi connectivity index (χ1v) is 7.83. The van der Waals surface area contributed by atoms with Crippen LogP contribution in [-0.4, -0.2) is 19.2 Å². The molecule has 1 atom stereocenters. The highest BCUT2D eigenvalue weighted by molar-refractivity contribution is 5.32. The van der Waals surface area contributed by atoms with Gasteiger partial charge in [-0.1, -0.05) is 25.8 Å². The minimum Gasteiger partial charge on any atom is -0.492 e. The van der Waals surface area contributed by atoms with E-state index in [0.29, 0.717) is 24.3 Å². The molecule has 0 spiro atoms. The Kier molecular flexibility index (Phi) is 5.84. The van der Waals surface area contributed by atoms with Gasteiger partial charge in [-0.2, -0.15) is 0 Å². The van der Waals surface area contributed by atoms with E-state index < -0.39 is 0 Å². The second-order valence-corrected chi connectivity index (χ2v) is 5.83. The lowest BCUT2D eigenvalue weighted by molar-refractivity contribution is 0.216. The number of hydrogen-bond donors (Lipinski definition) is 1. The molecule has 0 bridgehead atoms. The third-order valence-electron chi connectivity index (χ3n) is 4.19. The lowest BCUT2D eigenvalue weighted by Crippen LogP contribution is -2.40. The predicted molar refractivity (Wildman–Crippen MR) is 80.7 cm³/mol. The van der Waals surface area contributed by atoms with Gasteiger partial charge in [0.2, 0.25) is 0 Å². The zero-order valence-corrected chi connectivity index (χ0v) is 12.6. The zero-order chi connectivity index (χ0) is 14.4. The summed E-state index contributed by atoms with van der Waals surface area (Å²) in [6, 6.07) is 5.13. The van der Waals surface area contributed by atoms with Crippen molar-refractivity contribution in [3.05, 3.63) is 29.6 Å². The van der Waals surface area contributed by atoms with Crippen molar-refractivity contribution in [3.63, 3.8) is 0 Å². The van der Waals surface area contributed by atoms with E-state index in [1.165, 1.54) is 37.8 Å². The van der Waals surface area contributed by atoms with Crippen LogP contribution in [0.4, 0.5) is 4.39 Å². The highest BCUT2D eigenvalue weighted by Gasteiger charge is 2.25. The molecule has 1 aliphatic rings. The Bertz CT molecular complexity index is 415. The van der Waals surface area contributed by atoms with Gasteiger partial charge in [0.1, 0.15) is 18.2 Å². The van der Waals surface area contributed by atoms with Crippen LogP contribution in [0.1, 0.15) is 44.6 Å². The maximum atomic E-state index is 13.3. The van der Waals surface area contributed by atoms with E-state index in [0.717, 1.165) is 18.5 Å². The monoisotopic (exact) mass is 279 g/mol. The molecule has 0 amide bonds. The first-order chi connectivity index (χ1) is 9.70. The first kappa shape index (κ1) is 15.3. The van der Waals surface area contributed by atoms with Crippen LogP contribution < -0.4 is 10.1 Å². The number of halogens is 1. The van der Waals surface area contributed by atoms with Crippen LogP contribution in [0.15, 0.2) is 18.2 Å². The summed E-state index contributed by atoms with van der Waals surface area (Å²) in [7, 11) is 0. The molecular weight excluding hydrogens is 253 g/mol. The van der Waals surface area contributed by atoms with Crippen molar-refractivity contribution in [1.29, 1.82) is 0 Å². The molecule has 1 fully saturated rings. The van der Waals surface area contributed by atoms with Crippen molar-refractivity contribution in [2.75, 3.05) is 13.2 Å². The summed E-state index contributed by atoms with van der Waals surface area (Å²) in [5, 5.41) is 3.60. The molecule has 0 aliphatic heterocycles. The molecule has 0 heterocycles. The van der Waals surface area contributed by atoms with Gasteiger partial charge < -0.3 is 10.1 Å². The van der Waals surface area contributed by atoms with Gasteiger partial charge in [0.15, 0.2) is 0 Å². The third-order valence-corrected chi connectivity index (χ3v) is 4.19. The predicted octanol–water partition coefficient (Wildman–Crippen LogP) is 4.07. The Morgan fingerprint density at radius 3 is 2.80 bits per heavy atom. The molecule has 1 saturated carbocycles. The topological polar surface area (TPSA) is 21.3 Å². The molecule has 3 heteroatoms. The van der Waals surface area contributed by atoms with Crippen LogP contribution in [0.2, 0.25) is 0 Å². The van der Waals surface area contributed by atoms with Gasteiger partial charge in [0.25, 0.3) is 0 Å². The van der Waals surface area contributed by atoms with Crippen LogP contribution in [0.5, 0.6) is 5.75 Å². The number of rotatable bonds is 7. The average Bonchev–Trinajstić information content (AvgIpc) is 2.96. The molecule has 2 nitrogen and oxygen atoms in total. The van der Waals surface area contributed by atoms with Crippen molar-refractivity contribution in [2.45, 2.75) is 52.0 Å². The summed E-state index contributed by atoms with van der Waals surface area (Å²) in [6.45, 7) is 5.79. The lowest BCUT2D eigenvalue weighted by Gasteiger charge is -2.25. The van der Waals surface area contributed by atoms with Gasteiger partial charge in [0, 0.05) is 12.1 Å². The molecule has 2 rings (SSSR count). The maximum absolute atomic E-state index is 13.3. The van der Waals surface area contributed by atoms with Crippen molar-refractivity contribution < 1.29 is 9.13 Å². The summed E-state index contributed by atoms with van der Waals surface area (Å²) in [4.78, 5) is 0. The number of hydrogen-bond acceptors (Lipinski definition) is 2. The van der Waals surface area contributed by atoms with Crippen molar-refractivity contribution in [1.82, 2.24) is 5.32 Å². The molecule has 20 heavy (non-hydrogen) atoms. The Hall–Kier alpha value is -1.09. The van der Waals surface area contributed by atoms with E-state index in [-0.39, 0.29) is 5.82 Å².